The SMILES string of the molecule is Cc1ccc2nc(N)n(CCNC(=O)C3CC3)c2n1. The van der Waals surface area contributed by atoms with Crippen molar-refractivity contribution >= 4 is 23.0 Å². The summed E-state index contributed by atoms with van der Waals surface area (Å²) in [6, 6.07) is 3.82. The molecule has 19 heavy (non-hydrogen) atoms. The summed E-state index contributed by atoms with van der Waals surface area (Å²) in [6.45, 7) is 3.08. The molecule has 0 spiro atoms. The summed E-state index contributed by atoms with van der Waals surface area (Å²) in [5.74, 6) is 0.818. The van der Waals surface area contributed by atoms with E-state index in [1.165, 1.54) is 0 Å². The van der Waals surface area contributed by atoms with Crippen molar-refractivity contribution in [2.24, 2.45) is 5.92 Å². The van der Waals surface area contributed by atoms with Crippen LogP contribution in [0.5, 0.6) is 0 Å². The van der Waals surface area contributed by atoms with Crippen LogP contribution in [-0.2, 0) is 11.3 Å². The number of aromatic nitrogens is 3. The second kappa shape index (κ2) is 4.53. The molecule has 0 bridgehead atoms. The number of carbonyl (C=O) groups is 1. The molecule has 3 N–H and O–H groups in total. The van der Waals surface area contributed by atoms with Gasteiger partial charge in [-0.2, -0.15) is 0 Å². The van der Waals surface area contributed by atoms with Gasteiger partial charge in [0, 0.05) is 24.7 Å². The van der Waals surface area contributed by atoms with Crippen molar-refractivity contribution in [2.45, 2.75) is 26.3 Å². The van der Waals surface area contributed by atoms with Crippen LogP contribution in [0, 0.1) is 12.8 Å². The standard InChI is InChI=1S/C13H17N5O/c1-8-2-5-10-11(16-8)18(13(14)17-10)7-6-15-12(19)9-3-4-9/h2,5,9H,3-4,6-7H2,1H3,(H2,14,17)(H,15,19). The van der Waals surface area contributed by atoms with Crippen molar-refractivity contribution in [3.63, 3.8) is 0 Å². The van der Waals surface area contributed by atoms with Gasteiger partial charge in [0.2, 0.25) is 11.9 Å². The lowest BCUT2D eigenvalue weighted by Crippen LogP contribution is -2.28. The molecule has 1 aliphatic carbocycles. The van der Waals surface area contributed by atoms with Crippen LogP contribution in [0.1, 0.15) is 18.5 Å². The topological polar surface area (TPSA) is 85.8 Å². The van der Waals surface area contributed by atoms with Crippen molar-refractivity contribution in [2.75, 3.05) is 12.3 Å². The van der Waals surface area contributed by atoms with Gasteiger partial charge in [0.05, 0.1) is 0 Å². The highest BCUT2D eigenvalue weighted by molar-refractivity contribution is 5.80. The molecule has 2 aromatic rings. The average molecular weight is 259 g/mol. The zero-order valence-corrected chi connectivity index (χ0v) is 10.9. The second-order valence-corrected chi connectivity index (χ2v) is 4.98. The van der Waals surface area contributed by atoms with Gasteiger partial charge < -0.3 is 11.1 Å². The van der Waals surface area contributed by atoms with Gasteiger partial charge in [0.15, 0.2) is 5.65 Å². The van der Waals surface area contributed by atoms with E-state index in [4.69, 9.17) is 5.73 Å². The highest BCUT2D eigenvalue weighted by Gasteiger charge is 2.29. The van der Waals surface area contributed by atoms with Crippen molar-refractivity contribution in [1.82, 2.24) is 19.9 Å². The van der Waals surface area contributed by atoms with Gasteiger partial charge in [-0.3, -0.25) is 9.36 Å². The summed E-state index contributed by atoms with van der Waals surface area (Å²) in [7, 11) is 0. The van der Waals surface area contributed by atoms with E-state index in [-0.39, 0.29) is 11.8 Å². The Labute approximate surface area is 111 Å². The first-order valence-electron chi connectivity index (χ1n) is 6.52. The summed E-state index contributed by atoms with van der Waals surface area (Å²) in [5.41, 5.74) is 8.38. The summed E-state index contributed by atoms with van der Waals surface area (Å²) in [6.07, 6.45) is 2.03. The van der Waals surface area contributed by atoms with Crippen LogP contribution in [0.25, 0.3) is 11.2 Å². The molecule has 3 rings (SSSR count). The summed E-state index contributed by atoms with van der Waals surface area (Å²) >= 11 is 0. The Kier molecular flexibility index (Phi) is 2.85. The molecule has 6 heteroatoms. The number of pyridine rings is 1. The molecule has 2 heterocycles. The van der Waals surface area contributed by atoms with Gasteiger partial charge in [-0.25, -0.2) is 9.97 Å². The van der Waals surface area contributed by atoms with E-state index in [1.54, 1.807) is 0 Å². The van der Waals surface area contributed by atoms with Gasteiger partial charge in [0.25, 0.3) is 0 Å². The first kappa shape index (κ1) is 12.0. The van der Waals surface area contributed by atoms with Crippen LogP contribution in [0.15, 0.2) is 12.1 Å². The largest absolute Gasteiger partial charge is 0.369 e. The Bertz CT molecular complexity index is 629. The highest BCUT2D eigenvalue weighted by atomic mass is 16.2. The van der Waals surface area contributed by atoms with Gasteiger partial charge in [-0.15, -0.1) is 0 Å². The molecule has 6 nitrogen and oxygen atoms in total. The molecule has 0 unspecified atom stereocenters. The molecule has 0 saturated heterocycles. The maximum absolute atomic E-state index is 11.6. The molecule has 1 aliphatic rings. The minimum Gasteiger partial charge on any atom is -0.369 e. The number of nitrogens with zero attached hydrogens (tertiary/aromatic N) is 3. The smallest absolute Gasteiger partial charge is 0.223 e. The lowest BCUT2D eigenvalue weighted by molar-refractivity contribution is -0.122. The Balaban J connectivity index is 1.74. The van der Waals surface area contributed by atoms with Crippen LogP contribution in [0.3, 0.4) is 0 Å². The minimum absolute atomic E-state index is 0.145. The number of aryl methyl sites for hydroxylation is 1. The Morgan fingerprint density at radius 3 is 3.00 bits per heavy atom. The number of imidazole rings is 1. The fraction of sp³-hybridized carbons (Fsp3) is 0.462. The second-order valence-electron chi connectivity index (χ2n) is 4.98. The number of amides is 1. The molecule has 0 atom stereocenters. The van der Waals surface area contributed by atoms with Crippen LogP contribution in [0.2, 0.25) is 0 Å². The first-order valence-corrected chi connectivity index (χ1v) is 6.52. The molecule has 2 aromatic heterocycles. The lowest BCUT2D eigenvalue weighted by atomic mass is 10.3. The third-order valence-corrected chi connectivity index (χ3v) is 3.34. The van der Waals surface area contributed by atoms with Crippen molar-refractivity contribution in [1.29, 1.82) is 0 Å². The zero-order chi connectivity index (χ0) is 13.4. The van der Waals surface area contributed by atoms with E-state index in [0.29, 0.717) is 19.0 Å². The normalized spacial score (nSPS) is 14.8. The predicted octanol–water partition coefficient (Wildman–Crippen LogP) is 0.848. The number of hydrogen-bond donors (Lipinski definition) is 2. The lowest BCUT2D eigenvalue weighted by Gasteiger charge is -2.07. The molecule has 0 radical (unpaired) electrons. The third kappa shape index (κ3) is 2.38. The Morgan fingerprint density at radius 2 is 2.26 bits per heavy atom. The van der Waals surface area contributed by atoms with Crippen molar-refractivity contribution in [3.8, 4) is 0 Å². The number of fused-ring (bicyclic) bond motifs is 1. The number of rotatable bonds is 4. The number of nitrogen functional groups attached to an aromatic ring is 1. The number of anilines is 1. The molecule has 0 aromatic carbocycles. The summed E-state index contributed by atoms with van der Waals surface area (Å²) in [5, 5.41) is 2.92. The van der Waals surface area contributed by atoms with Crippen LogP contribution >= 0.6 is 0 Å². The van der Waals surface area contributed by atoms with Gasteiger partial charge in [0.1, 0.15) is 5.52 Å². The average Bonchev–Trinajstić information content (AvgIpc) is 3.17. The predicted molar refractivity (Wildman–Crippen MR) is 72.4 cm³/mol. The molecule has 1 fully saturated rings. The number of carbonyl (C=O) groups excluding carboxylic acids is 1. The van der Waals surface area contributed by atoms with Crippen molar-refractivity contribution < 1.29 is 4.79 Å². The molecular weight excluding hydrogens is 242 g/mol. The van der Waals surface area contributed by atoms with E-state index in [9.17, 15) is 4.79 Å². The van der Waals surface area contributed by atoms with Gasteiger partial charge in [-0.1, -0.05) is 0 Å². The fourth-order valence-electron chi connectivity index (χ4n) is 2.12. The van der Waals surface area contributed by atoms with E-state index in [2.05, 4.69) is 15.3 Å². The summed E-state index contributed by atoms with van der Waals surface area (Å²) in [4.78, 5) is 20.3. The molecule has 0 aliphatic heterocycles. The molecule has 1 saturated carbocycles. The van der Waals surface area contributed by atoms with Gasteiger partial charge >= 0.3 is 0 Å². The number of nitrogens with two attached hydrogens (primary N) is 1. The van der Waals surface area contributed by atoms with Crippen LogP contribution < -0.4 is 11.1 Å². The molecule has 1 amide bonds. The number of hydrogen-bond acceptors (Lipinski definition) is 4. The highest BCUT2D eigenvalue weighted by Crippen LogP contribution is 2.28. The minimum atomic E-state index is 0.145. The Hall–Kier alpha value is -2.11. The van der Waals surface area contributed by atoms with E-state index >= 15 is 0 Å². The van der Waals surface area contributed by atoms with Crippen LogP contribution in [-0.4, -0.2) is 27.0 Å². The monoisotopic (exact) mass is 259 g/mol. The summed E-state index contributed by atoms with van der Waals surface area (Å²) < 4.78 is 1.84. The first-order chi connectivity index (χ1) is 9.15. The fourth-order valence-corrected chi connectivity index (χ4v) is 2.12. The zero-order valence-electron chi connectivity index (χ0n) is 10.9. The van der Waals surface area contributed by atoms with E-state index in [0.717, 1.165) is 29.7 Å². The maximum Gasteiger partial charge on any atom is 0.223 e. The quantitative estimate of drug-likeness (QED) is 0.852. The van der Waals surface area contributed by atoms with Gasteiger partial charge in [-0.05, 0) is 31.9 Å². The van der Waals surface area contributed by atoms with E-state index in [1.807, 2.05) is 23.6 Å². The Morgan fingerprint density at radius 1 is 1.47 bits per heavy atom. The number of nitrogens with one attached hydrogen (secondary N) is 1. The van der Waals surface area contributed by atoms with E-state index < -0.39 is 0 Å². The molecular formula is C13H17N5O. The third-order valence-electron chi connectivity index (χ3n) is 3.34. The maximum atomic E-state index is 11.6. The van der Waals surface area contributed by atoms with Crippen LogP contribution in [0.4, 0.5) is 5.95 Å². The molecule has 100 valence electrons. The van der Waals surface area contributed by atoms with Crippen molar-refractivity contribution in [3.05, 3.63) is 17.8 Å².